The fraction of sp³-hybridized carbons (Fsp3) is 0.500. The Bertz CT molecular complexity index is 411. The standard InChI is InChI=1S/C14H18O3/c1-13(2)10-16-12(15)14(13,3)17-9-11-7-5-4-6-8-11/h4-8H,9-10H2,1-3H3. The molecule has 92 valence electrons. The SMILES string of the molecule is CC1(C)COC(=O)C1(C)OCc1ccccc1. The Morgan fingerprint density at radius 3 is 2.41 bits per heavy atom. The Morgan fingerprint density at radius 2 is 1.88 bits per heavy atom. The summed E-state index contributed by atoms with van der Waals surface area (Å²) >= 11 is 0. The lowest BCUT2D eigenvalue weighted by atomic mass is 9.78. The van der Waals surface area contributed by atoms with Gasteiger partial charge in [0.2, 0.25) is 0 Å². The lowest BCUT2D eigenvalue weighted by Crippen LogP contribution is -2.46. The second kappa shape index (κ2) is 4.15. The van der Waals surface area contributed by atoms with Crippen molar-refractivity contribution < 1.29 is 14.3 Å². The van der Waals surface area contributed by atoms with E-state index >= 15 is 0 Å². The molecule has 0 aliphatic carbocycles. The number of carbonyl (C=O) groups excluding carboxylic acids is 1. The largest absolute Gasteiger partial charge is 0.463 e. The van der Waals surface area contributed by atoms with Crippen molar-refractivity contribution in [1.82, 2.24) is 0 Å². The van der Waals surface area contributed by atoms with Crippen LogP contribution in [0.1, 0.15) is 26.3 Å². The van der Waals surface area contributed by atoms with Gasteiger partial charge >= 0.3 is 5.97 Å². The molecule has 1 aliphatic heterocycles. The Kier molecular flexibility index (Phi) is 2.96. The van der Waals surface area contributed by atoms with Crippen LogP contribution in [0.15, 0.2) is 30.3 Å². The summed E-state index contributed by atoms with van der Waals surface area (Å²) in [4.78, 5) is 11.8. The van der Waals surface area contributed by atoms with Gasteiger partial charge in [-0.1, -0.05) is 44.2 Å². The molecule has 1 aliphatic rings. The summed E-state index contributed by atoms with van der Waals surface area (Å²) in [6, 6.07) is 9.84. The fourth-order valence-electron chi connectivity index (χ4n) is 1.85. The Balaban J connectivity index is 2.10. The molecule has 0 aromatic heterocycles. The molecule has 0 spiro atoms. The highest BCUT2D eigenvalue weighted by Crippen LogP contribution is 2.41. The van der Waals surface area contributed by atoms with Gasteiger partial charge in [-0.25, -0.2) is 4.79 Å². The lowest BCUT2D eigenvalue weighted by Gasteiger charge is -2.32. The second-order valence-corrected chi connectivity index (χ2v) is 5.27. The molecule has 3 heteroatoms. The molecule has 1 saturated heterocycles. The molecular formula is C14H18O3. The number of hydrogen-bond acceptors (Lipinski definition) is 3. The normalized spacial score (nSPS) is 26.9. The summed E-state index contributed by atoms with van der Waals surface area (Å²) in [7, 11) is 0. The van der Waals surface area contributed by atoms with Crippen molar-refractivity contribution in [3.63, 3.8) is 0 Å². The van der Waals surface area contributed by atoms with Crippen LogP contribution in [0, 0.1) is 5.41 Å². The van der Waals surface area contributed by atoms with Crippen LogP contribution in [0.25, 0.3) is 0 Å². The third kappa shape index (κ3) is 2.07. The summed E-state index contributed by atoms with van der Waals surface area (Å²) in [5.41, 5.74) is -0.0916. The maximum atomic E-state index is 11.8. The van der Waals surface area contributed by atoms with Crippen LogP contribution in [0.4, 0.5) is 0 Å². The average molecular weight is 234 g/mol. The smallest absolute Gasteiger partial charge is 0.338 e. The Hall–Kier alpha value is -1.35. The first-order valence-electron chi connectivity index (χ1n) is 5.81. The van der Waals surface area contributed by atoms with Crippen LogP contribution in [0.5, 0.6) is 0 Å². The summed E-state index contributed by atoms with van der Waals surface area (Å²) in [6.07, 6.45) is 0. The molecule has 1 aromatic carbocycles. The predicted molar refractivity (Wildman–Crippen MR) is 64.4 cm³/mol. The van der Waals surface area contributed by atoms with Crippen LogP contribution in [0.3, 0.4) is 0 Å². The van der Waals surface area contributed by atoms with Gasteiger partial charge in [0.1, 0.15) is 0 Å². The van der Waals surface area contributed by atoms with Gasteiger partial charge in [0.15, 0.2) is 5.60 Å². The second-order valence-electron chi connectivity index (χ2n) is 5.27. The highest BCUT2D eigenvalue weighted by atomic mass is 16.6. The molecule has 3 nitrogen and oxygen atoms in total. The van der Waals surface area contributed by atoms with E-state index in [1.807, 2.05) is 51.1 Å². The maximum absolute atomic E-state index is 11.8. The summed E-state index contributed by atoms with van der Waals surface area (Å²) in [6.45, 7) is 6.63. The summed E-state index contributed by atoms with van der Waals surface area (Å²) in [5, 5.41) is 0. The van der Waals surface area contributed by atoms with E-state index < -0.39 is 5.60 Å². The Morgan fingerprint density at radius 1 is 1.24 bits per heavy atom. The minimum atomic E-state index is -0.858. The Labute approximate surface area is 102 Å². The van der Waals surface area contributed by atoms with Gasteiger partial charge in [0, 0.05) is 5.41 Å². The zero-order valence-corrected chi connectivity index (χ0v) is 10.5. The number of ether oxygens (including phenoxy) is 2. The first-order valence-corrected chi connectivity index (χ1v) is 5.81. The van der Waals surface area contributed by atoms with Crippen molar-refractivity contribution in [2.24, 2.45) is 5.41 Å². The molecule has 0 radical (unpaired) electrons. The van der Waals surface area contributed by atoms with Crippen LogP contribution in [-0.4, -0.2) is 18.2 Å². The van der Waals surface area contributed by atoms with Gasteiger partial charge in [-0.05, 0) is 12.5 Å². The topological polar surface area (TPSA) is 35.5 Å². The molecule has 1 heterocycles. The molecule has 0 amide bonds. The average Bonchev–Trinajstić information content (AvgIpc) is 2.52. The van der Waals surface area contributed by atoms with Crippen LogP contribution >= 0.6 is 0 Å². The molecule has 0 bridgehead atoms. The highest BCUT2D eigenvalue weighted by Gasteiger charge is 2.55. The van der Waals surface area contributed by atoms with Crippen molar-refractivity contribution in [3.05, 3.63) is 35.9 Å². The van der Waals surface area contributed by atoms with E-state index in [4.69, 9.17) is 9.47 Å². The van der Waals surface area contributed by atoms with E-state index in [1.54, 1.807) is 0 Å². The third-order valence-corrected chi connectivity index (χ3v) is 3.62. The van der Waals surface area contributed by atoms with Crippen molar-refractivity contribution in [3.8, 4) is 0 Å². The van der Waals surface area contributed by atoms with Crippen molar-refractivity contribution >= 4 is 5.97 Å². The maximum Gasteiger partial charge on any atom is 0.338 e. The molecule has 1 atom stereocenters. The van der Waals surface area contributed by atoms with Crippen LogP contribution in [0.2, 0.25) is 0 Å². The summed E-state index contributed by atoms with van der Waals surface area (Å²) < 4.78 is 10.9. The van der Waals surface area contributed by atoms with Gasteiger partial charge in [0.25, 0.3) is 0 Å². The zero-order chi connectivity index (χ0) is 12.5. The van der Waals surface area contributed by atoms with E-state index in [-0.39, 0.29) is 11.4 Å². The molecular weight excluding hydrogens is 216 g/mol. The summed E-state index contributed by atoms with van der Waals surface area (Å²) in [5.74, 6) is -0.265. The molecule has 1 aromatic rings. The van der Waals surface area contributed by atoms with Gasteiger partial charge in [-0.2, -0.15) is 0 Å². The predicted octanol–water partition coefficient (Wildman–Crippen LogP) is 2.54. The number of carbonyl (C=O) groups is 1. The quantitative estimate of drug-likeness (QED) is 0.754. The molecule has 0 saturated carbocycles. The van der Waals surface area contributed by atoms with E-state index in [0.29, 0.717) is 13.2 Å². The van der Waals surface area contributed by atoms with Crippen molar-refractivity contribution in [1.29, 1.82) is 0 Å². The molecule has 2 rings (SSSR count). The van der Waals surface area contributed by atoms with Crippen LogP contribution in [-0.2, 0) is 20.9 Å². The number of cyclic esters (lactones) is 1. The van der Waals surface area contributed by atoms with Gasteiger partial charge < -0.3 is 9.47 Å². The number of rotatable bonds is 3. The first kappa shape index (κ1) is 12.1. The molecule has 1 unspecified atom stereocenters. The number of hydrogen-bond donors (Lipinski definition) is 0. The molecule has 0 N–H and O–H groups in total. The number of esters is 1. The van der Waals surface area contributed by atoms with Gasteiger partial charge in [-0.15, -0.1) is 0 Å². The van der Waals surface area contributed by atoms with Gasteiger partial charge in [0.05, 0.1) is 13.2 Å². The van der Waals surface area contributed by atoms with Crippen LogP contribution < -0.4 is 0 Å². The number of benzene rings is 1. The van der Waals surface area contributed by atoms with E-state index in [1.165, 1.54) is 0 Å². The molecule has 17 heavy (non-hydrogen) atoms. The molecule has 1 fully saturated rings. The lowest BCUT2D eigenvalue weighted by molar-refractivity contribution is -0.163. The van der Waals surface area contributed by atoms with Crippen molar-refractivity contribution in [2.45, 2.75) is 33.0 Å². The minimum absolute atomic E-state index is 0.265. The van der Waals surface area contributed by atoms with E-state index in [0.717, 1.165) is 5.56 Å². The fourth-order valence-corrected chi connectivity index (χ4v) is 1.85. The van der Waals surface area contributed by atoms with E-state index in [9.17, 15) is 4.79 Å². The zero-order valence-electron chi connectivity index (χ0n) is 10.5. The van der Waals surface area contributed by atoms with Gasteiger partial charge in [-0.3, -0.25) is 0 Å². The highest BCUT2D eigenvalue weighted by molar-refractivity contribution is 5.82. The third-order valence-electron chi connectivity index (χ3n) is 3.62. The first-order chi connectivity index (χ1) is 7.96. The van der Waals surface area contributed by atoms with Crippen molar-refractivity contribution in [2.75, 3.05) is 6.61 Å². The monoisotopic (exact) mass is 234 g/mol. The van der Waals surface area contributed by atoms with E-state index in [2.05, 4.69) is 0 Å². The minimum Gasteiger partial charge on any atom is -0.463 e.